The van der Waals surface area contributed by atoms with Crippen molar-refractivity contribution in [3.05, 3.63) is 0 Å². The number of hydrogen-bond donors (Lipinski definition) is 4. The lowest BCUT2D eigenvalue weighted by Gasteiger charge is -2.42. The first-order valence-corrected chi connectivity index (χ1v) is 8.11. The van der Waals surface area contributed by atoms with Crippen LogP contribution < -0.4 is 11.1 Å². The topological polar surface area (TPSA) is 114 Å². The lowest BCUT2D eigenvalue weighted by molar-refractivity contribution is -0.265. The van der Waals surface area contributed by atoms with Gasteiger partial charge in [0.25, 0.3) is 0 Å². The molecule has 130 valence electrons. The Morgan fingerprint density at radius 2 is 1.91 bits per heavy atom. The highest BCUT2D eigenvalue weighted by molar-refractivity contribution is 5.73. The van der Waals surface area contributed by atoms with Gasteiger partial charge in [0.15, 0.2) is 6.29 Å². The molecule has 0 saturated carbocycles. The van der Waals surface area contributed by atoms with E-state index in [4.69, 9.17) is 15.2 Å². The SMILES string of the molecule is CCC1OC(OCCCCCCN)C(NC(C)=O)C(O)C1O. The Labute approximate surface area is 132 Å². The second kappa shape index (κ2) is 10.1. The first-order valence-electron chi connectivity index (χ1n) is 8.11. The molecule has 1 rings (SSSR count). The van der Waals surface area contributed by atoms with Gasteiger partial charge in [-0.15, -0.1) is 0 Å². The van der Waals surface area contributed by atoms with Gasteiger partial charge in [-0.1, -0.05) is 19.8 Å². The number of ether oxygens (including phenoxy) is 2. The molecular weight excluding hydrogens is 288 g/mol. The quantitative estimate of drug-likeness (QED) is 0.441. The fraction of sp³-hybridized carbons (Fsp3) is 0.933. The summed E-state index contributed by atoms with van der Waals surface area (Å²) in [6.07, 6.45) is 1.09. The molecule has 5 atom stereocenters. The van der Waals surface area contributed by atoms with Crippen LogP contribution >= 0.6 is 0 Å². The molecule has 22 heavy (non-hydrogen) atoms. The summed E-state index contributed by atoms with van der Waals surface area (Å²) in [7, 11) is 0. The van der Waals surface area contributed by atoms with Crippen LogP contribution in [0.5, 0.6) is 0 Å². The monoisotopic (exact) mass is 318 g/mol. The van der Waals surface area contributed by atoms with Crippen LogP contribution in [0, 0.1) is 0 Å². The van der Waals surface area contributed by atoms with Gasteiger partial charge in [-0.2, -0.15) is 0 Å². The fourth-order valence-corrected chi connectivity index (χ4v) is 2.60. The van der Waals surface area contributed by atoms with Gasteiger partial charge in [-0.3, -0.25) is 4.79 Å². The molecule has 7 heteroatoms. The summed E-state index contributed by atoms with van der Waals surface area (Å²) in [6, 6.07) is -0.764. The van der Waals surface area contributed by atoms with Crippen LogP contribution in [0.15, 0.2) is 0 Å². The number of amides is 1. The molecule has 5 unspecified atom stereocenters. The Kier molecular flexibility index (Phi) is 8.89. The van der Waals surface area contributed by atoms with Crippen molar-refractivity contribution in [2.75, 3.05) is 13.2 Å². The minimum atomic E-state index is -1.11. The maximum absolute atomic E-state index is 11.3. The number of rotatable bonds is 9. The van der Waals surface area contributed by atoms with Crippen molar-refractivity contribution in [3.8, 4) is 0 Å². The van der Waals surface area contributed by atoms with Crippen LogP contribution in [0.3, 0.4) is 0 Å². The molecule has 5 N–H and O–H groups in total. The van der Waals surface area contributed by atoms with E-state index in [-0.39, 0.29) is 5.91 Å². The number of aliphatic hydroxyl groups is 2. The van der Waals surface area contributed by atoms with Crippen molar-refractivity contribution in [1.29, 1.82) is 0 Å². The summed E-state index contributed by atoms with van der Waals surface area (Å²) >= 11 is 0. The van der Waals surface area contributed by atoms with E-state index in [1.54, 1.807) is 0 Å². The van der Waals surface area contributed by atoms with Crippen LogP contribution in [-0.4, -0.2) is 59.9 Å². The number of aliphatic hydroxyl groups excluding tert-OH is 2. The first kappa shape index (κ1) is 19.3. The van der Waals surface area contributed by atoms with Gasteiger partial charge in [0.1, 0.15) is 18.2 Å². The maximum atomic E-state index is 11.3. The average molecular weight is 318 g/mol. The highest BCUT2D eigenvalue weighted by atomic mass is 16.7. The minimum absolute atomic E-state index is 0.300. The minimum Gasteiger partial charge on any atom is -0.388 e. The standard InChI is InChI=1S/C15H30N2O5/c1-3-11-13(19)14(20)12(17-10(2)18)15(22-11)21-9-7-5-4-6-8-16/h11-15,19-20H,3-9,16H2,1-2H3,(H,17,18). The largest absolute Gasteiger partial charge is 0.388 e. The first-order chi connectivity index (χ1) is 10.5. The number of nitrogens with one attached hydrogen (secondary N) is 1. The highest BCUT2D eigenvalue weighted by Gasteiger charge is 2.44. The van der Waals surface area contributed by atoms with Crippen molar-refractivity contribution < 1.29 is 24.5 Å². The Morgan fingerprint density at radius 1 is 1.23 bits per heavy atom. The van der Waals surface area contributed by atoms with Crippen LogP contribution in [0.2, 0.25) is 0 Å². The van der Waals surface area contributed by atoms with Gasteiger partial charge in [0.2, 0.25) is 5.91 Å². The number of carbonyl (C=O) groups is 1. The Bertz CT molecular complexity index is 329. The predicted octanol–water partition coefficient (Wildman–Crippen LogP) is -0.116. The molecule has 0 bridgehead atoms. The van der Waals surface area contributed by atoms with Crippen molar-refractivity contribution in [3.63, 3.8) is 0 Å². The average Bonchev–Trinajstić information content (AvgIpc) is 2.49. The Balaban J connectivity index is 2.52. The van der Waals surface area contributed by atoms with Gasteiger partial charge >= 0.3 is 0 Å². The number of nitrogens with two attached hydrogens (primary N) is 1. The van der Waals surface area contributed by atoms with Crippen LogP contribution in [-0.2, 0) is 14.3 Å². The molecule has 1 heterocycles. The zero-order valence-corrected chi connectivity index (χ0v) is 13.5. The van der Waals surface area contributed by atoms with E-state index in [9.17, 15) is 15.0 Å². The molecule has 0 aliphatic carbocycles. The zero-order chi connectivity index (χ0) is 16.5. The second-order valence-corrected chi connectivity index (χ2v) is 5.73. The molecule has 0 aromatic heterocycles. The molecular formula is C15H30N2O5. The van der Waals surface area contributed by atoms with Gasteiger partial charge < -0.3 is 30.7 Å². The van der Waals surface area contributed by atoms with Crippen LogP contribution in [0.4, 0.5) is 0 Å². The van der Waals surface area contributed by atoms with E-state index < -0.39 is 30.6 Å². The van der Waals surface area contributed by atoms with E-state index in [0.29, 0.717) is 19.6 Å². The summed E-state index contributed by atoms with van der Waals surface area (Å²) in [5, 5.41) is 22.8. The van der Waals surface area contributed by atoms with E-state index in [1.807, 2.05) is 6.92 Å². The summed E-state index contributed by atoms with van der Waals surface area (Å²) in [4.78, 5) is 11.3. The molecule has 1 amide bonds. The lowest BCUT2D eigenvalue weighted by atomic mass is 9.95. The van der Waals surface area contributed by atoms with E-state index >= 15 is 0 Å². The Morgan fingerprint density at radius 3 is 2.50 bits per heavy atom. The van der Waals surface area contributed by atoms with Crippen LogP contribution in [0.25, 0.3) is 0 Å². The smallest absolute Gasteiger partial charge is 0.217 e. The molecule has 0 radical (unpaired) electrons. The summed E-state index contributed by atoms with van der Waals surface area (Å²) in [5.74, 6) is -0.300. The molecule has 0 spiro atoms. The van der Waals surface area contributed by atoms with Crippen molar-refractivity contribution in [2.24, 2.45) is 5.73 Å². The second-order valence-electron chi connectivity index (χ2n) is 5.73. The van der Waals surface area contributed by atoms with Gasteiger partial charge in [0, 0.05) is 13.5 Å². The zero-order valence-electron chi connectivity index (χ0n) is 13.5. The van der Waals surface area contributed by atoms with E-state index in [0.717, 1.165) is 25.7 Å². The number of hydrogen-bond acceptors (Lipinski definition) is 6. The van der Waals surface area contributed by atoms with Crippen LogP contribution in [0.1, 0.15) is 46.0 Å². The molecule has 1 aliphatic rings. The summed E-state index contributed by atoms with van der Waals surface area (Å²) in [6.45, 7) is 4.39. The van der Waals surface area contributed by atoms with Gasteiger partial charge in [-0.25, -0.2) is 0 Å². The van der Waals surface area contributed by atoms with Crippen molar-refractivity contribution >= 4 is 5.91 Å². The van der Waals surface area contributed by atoms with E-state index in [2.05, 4.69) is 5.32 Å². The van der Waals surface area contributed by atoms with Crippen molar-refractivity contribution in [2.45, 2.75) is 76.6 Å². The maximum Gasteiger partial charge on any atom is 0.217 e. The summed E-state index contributed by atoms with van der Waals surface area (Å²) in [5.41, 5.74) is 5.44. The molecule has 1 saturated heterocycles. The van der Waals surface area contributed by atoms with Gasteiger partial charge in [-0.05, 0) is 25.8 Å². The Hall–Kier alpha value is -0.730. The molecule has 1 aliphatic heterocycles. The van der Waals surface area contributed by atoms with Gasteiger partial charge in [0.05, 0.1) is 6.10 Å². The number of carbonyl (C=O) groups excluding carboxylic acids is 1. The summed E-state index contributed by atoms with van der Waals surface area (Å²) < 4.78 is 11.4. The normalized spacial score (nSPS) is 32.0. The molecule has 1 fully saturated rings. The number of unbranched alkanes of at least 4 members (excludes halogenated alkanes) is 3. The molecule has 0 aromatic carbocycles. The molecule has 7 nitrogen and oxygen atoms in total. The third-order valence-electron chi connectivity index (χ3n) is 3.85. The lowest BCUT2D eigenvalue weighted by Crippen LogP contribution is -2.63. The van der Waals surface area contributed by atoms with Crippen molar-refractivity contribution in [1.82, 2.24) is 5.32 Å². The van der Waals surface area contributed by atoms with E-state index in [1.165, 1.54) is 6.92 Å². The third kappa shape index (κ3) is 5.81. The fourth-order valence-electron chi connectivity index (χ4n) is 2.60. The highest BCUT2D eigenvalue weighted by Crippen LogP contribution is 2.24. The molecule has 0 aromatic rings. The third-order valence-corrected chi connectivity index (χ3v) is 3.85. The predicted molar refractivity (Wildman–Crippen MR) is 82.0 cm³/mol.